The van der Waals surface area contributed by atoms with Crippen LogP contribution >= 0.6 is 23.2 Å². The zero-order valence-electron chi connectivity index (χ0n) is 24.5. The Morgan fingerprint density at radius 1 is 0.841 bits per heavy atom. The molecule has 0 radical (unpaired) electrons. The number of hydrogen-bond donors (Lipinski definition) is 4. The average molecular weight is 635 g/mol. The topological polar surface area (TPSA) is 114 Å². The molecular weight excluding hydrogens is 597 g/mol. The van der Waals surface area contributed by atoms with E-state index in [0.717, 1.165) is 28.0 Å². The van der Waals surface area contributed by atoms with Crippen molar-refractivity contribution in [3.8, 4) is 5.75 Å². The number of rotatable bonds is 15. The molecular formula is C35H37Cl2N3O4. The third-order valence-electron chi connectivity index (χ3n) is 7.64. The fraction of sp³-hybridized carbons (Fsp3) is 0.257. The van der Waals surface area contributed by atoms with Gasteiger partial charge in [-0.1, -0.05) is 102 Å². The van der Waals surface area contributed by atoms with Crippen LogP contribution in [0.25, 0.3) is 0 Å². The van der Waals surface area contributed by atoms with Crippen molar-refractivity contribution >= 4 is 35.1 Å². The molecule has 4 aromatic carbocycles. The summed E-state index contributed by atoms with van der Waals surface area (Å²) >= 11 is 12.0. The number of hydrogen-bond acceptors (Lipinski definition) is 5. The lowest BCUT2D eigenvalue weighted by atomic mass is 9.77. The molecule has 0 spiro atoms. The first-order valence-electron chi connectivity index (χ1n) is 14.5. The van der Waals surface area contributed by atoms with Crippen molar-refractivity contribution in [2.75, 3.05) is 13.7 Å². The number of nitrogens with two attached hydrogens (primary N) is 1. The van der Waals surface area contributed by atoms with E-state index >= 15 is 0 Å². The molecule has 0 unspecified atom stereocenters. The van der Waals surface area contributed by atoms with Crippen molar-refractivity contribution < 1.29 is 19.4 Å². The number of benzene rings is 4. The number of carboxylic acid groups (broad SMARTS) is 1. The molecule has 9 heteroatoms. The van der Waals surface area contributed by atoms with Crippen LogP contribution in [0.2, 0.25) is 10.0 Å². The van der Waals surface area contributed by atoms with E-state index in [1.807, 2.05) is 48.5 Å². The molecule has 0 bridgehead atoms. The number of unbranched alkanes of at least 4 members (excludes halogenated alkanes) is 1. The number of ether oxygens (including phenoxy) is 1. The van der Waals surface area contributed by atoms with Crippen molar-refractivity contribution in [3.63, 3.8) is 0 Å². The SMILES string of the molecule is COc1ccc(C(NCCCC[C@H](NC(=O)[C@@H](N)Cc2ccc(Cl)c(Cl)c2)C(=O)O)(c2ccccc2)c2ccccc2)cc1. The number of nitrogens with one attached hydrogen (secondary N) is 2. The Kier molecular flexibility index (Phi) is 11.8. The molecule has 0 heterocycles. The van der Waals surface area contributed by atoms with Gasteiger partial charge in [-0.2, -0.15) is 0 Å². The van der Waals surface area contributed by atoms with Crippen LogP contribution in [0.1, 0.15) is 41.5 Å². The summed E-state index contributed by atoms with van der Waals surface area (Å²) in [5.74, 6) is -0.871. The van der Waals surface area contributed by atoms with E-state index in [4.69, 9.17) is 33.7 Å². The maximum atomic E-state index is 12.8. The first kappa shape index (κ1) is 33.0. The smallest absolute Gasteiger partial charge is 0.326 e. The first-order chi connectivity index (χ1) is 21.2. The van der Waals surface area contributed by atoms with Crippen molar-refractivity contribution in [1.29, 1.82) is 0 Å². The number of aliphatic carboxylic acids is 1. The summed E-state index contributed by atoms with van der Waals surface area (Å²) in [5, 5.41) is 17.0. The predicted molar refractivity (Wildman–Crippen MR) is 175 cm³/mol. The van der Waals surface area contributed by atoms with Crippen molar-refractivity contribution in [2.45, 2.75) is 43.3 Å². The van der Waals surface area contributed by atoms with E-state index in [0.29, 0.717) is 29.4 Å². The molecule has 44 heavy (non-hydrogen) atoms. The molecule has 7 nitrogen and oxygen atoms in total. The monoisotopic (exact) mass is 633 g/mol. The molecule has 230 valence electrons. The fourth-order valence-corrected chi connectivity index (χ4v) is 5.64. The standard InChI is InChI=1S/C35H37Cl2N3O4/c1-44-28-18-16-27(17-19-28)35(25-10-4-2-5-11-25,26-12-6-3-7-13-26)39-21-9-8-14-32(34(42)43)40-33(41)31(38)23-24-15-20-29(36)30(37)22-24/h2-7,10-13,15-20,22,31-32,39H,8-9,14,21,23,38H2,1H3,(H,40,41)(H,42,43)/t31-,32-/m0/s1. The van der Waals surface area contributed by atoms with Crippen LogP contribution < -0.4 is 21.1 Å². The van der Waals surface area contributed by atoms with E-state index in [2.05, 4.69) is 47.0 Å². The van der Waals surface area contributed by atoms with Crippen LogP contribution in [0.15, 0.2) is 103 Å². The van der Waals surface area contributed by atoms with E-state index in [-0.39, 0.29) is 12.8 Å². The van der Waals surface area contributed by atoms with Gasteiger partial charge in [0.1, 0.15) is 11.8 Å². The maximum absolute atomic E-state index is 12.8. The summed E-state index contributed by atoms with van der Waals surface area (Å²) in [6, 6.07) is 31.5. The Balaban J connectivity index is 1.44. The normalized spacial score (nSPS) is 12.7. The molecule has 1 amide bonds. The van der Waals surface area contributed by atoms with Crippen molar-refractivity contribution in [2.24, 2.45) is 5.73 Å². The highest BCUT2D eigenvalue weighted by Crippen LogP contribution is 2.37. The lowest BCUT2D eigenvalue weighted by molar-refractivity contribution is -0.142. The Labute approximate surface area is 268 Å². The second-order valence-corrected chi connectivity index (χ2v) is 11.4. The van der Waals surface area contributed by atoms with Gasteiger partial charge < -0.3 is 20.9 Å². The lowest BCUT2D eigenvalue weighted by Crippen LogP contribution is -2.49. The number of carbonyl (C=O) groups is 2. The summed E-state index contributed by atoms with van der Waals surface area (Å²) in [6.45, 7) is 0.590. The Morgan fingerprint density at radius 2 is 1.43 bits per heavy atom. The van der Waals surface area contributed by atoms with Crippen LogP contribution in [0.5, 0.6) is 5.75 Å². The van der Waals surface area contributed by atoms with E-state index < -0.39 is 29.5 Å². The van der Waals surface area contributed by atoms with Gasteiger partial charge in [0.15, 0.2) is 0 Å². The number of amides is 1. The van der Waals surface area contributed by atoms with E-state index in [1.54, 1.807) is 25.3 Å². The van der Waals surface area contributed by atoms with Gasteiger partial charge >= 0.3 is 5.97 Å². The molecule has 2 atom stereocenters. The zero-order valence-corrected chi connectivity index (χ0v) is 26.0. The molecule has 0 saturated carbocycles. The number of methoxy groups -OCH3 is 1. The van der Waals surface area contributed by atoms with Gasteiger partial charge in [-0.15, -0.1) is 0 Å². The summed E-state index contributed by atoms with van der Waals surface area (Å²) in [4.78, 5) is 24.8. The fourth-order valence-electron chi connectivity index (χ4n) is 5.32. The minimum Gasteiger partial charge on any atom is -0.497 e. The number of carboxylic acids is 1. The van der Waals surface area contributed by atoms with Crippen LogP contribution in [-0.4, -0.2) is 42.7 Å². The summed E-state index contributed by atoms with van der Waals surface area (Å²) in [6.07, 6.45) is 1.70. The Morgan fingerprint density at radius 3 is 1.98 bits per heavy atom. The summed E-state index contributed by atoms with van der Waals surface area (Å²) < 4.78 is 5.41. The molecule has 0 aliphatic heterocycles. The predicted octanol–water partition coefficient (Wildman–Crippen LogP) is 6.19. The minimum atomic E-state index is -1.10. The van der Waals surface area contributed by atoms with Gasteiger partial charge in [0.05, 0.1) is 28.7 Å². The van der Waals surface area contributed by atoms with E-state index in [9.17, 15) is 14.7 Å². The van der Waals surface area contributed by atoms with Crippen LogP contribution in [0.4, 0.5) is 0 Å². The second kappa shape index (κ2) is 15.7. The molecule has 4 aromatic rings. The Bertz CT molecular complexity index is 1480. The van der Waals surface area contributed by atoms with Gasteiger partial charge in [-0.3, -0.25) is 10.1 Å². The highest BCUT2D eigenvalue weighted by atomic mass is 35.5. The highest BCUT2D eigenvalue weighted by Gasteiger charge is 2.35. The molecule has 4 rings (SSSR count). The minimum absolute atomic E-state index is 0.200. The third-order valence-corrected chi connectivity index (χ3v) is 8.38. The average Bonchev–Trinajstić information content (AvgIpc) is 3.04. The van der Waals surface area contributed by atoms with Crippen molar-refractivity contribution in [3.05, 3.63) is 135 Å². The van der Waals surface area contributed by atoms with Gasteiger partial charge in [0.25, 0.3) is 0 Å². The van der Waals surface area contributed by atoms with Crippen LogP contribution in [0.3, 0.4) is 0 Å². The molecule has 0 aromatic heterocycles. The van der Waals surface area contributed by atoms with Crippen LogP contribution in [-0.2, 0) is 21.5 Å². The maximum Gasteiger partial charge on any atom is 0.326 e. The molecule has 5 N–H and O–H groups in total. The zero-order chi connectivity index (χ0) is 31.5. The summed E-state index contributed by atoms with van der Waals surface area (Å²) in [5.41, 5.74) is 9.36. The Hall–Kier alpha value is -3.88. The van der Waals surface area contributed by atoms with Crippen LogP contribution in [0, 0.1) is 0 Å². The summed E-state index contributed by atoms with van der Waals surface area (Å²) in [7, 11) is 1.64. The quantitative estimate of drug-likeness (QED) is 0.0916. The molecule has 0 aliphatic carbocycles. The van der Waals surface area contributed by atoms with Crippen molar-refractivity contribution in [1.82, 2.24) is 10.6 Å². The molecule has 0 fully saturated rings. The van der Waals surface area contributed by atoms with Gasteiger partial charge in [-0.25, -0.2) is 4.79 Å². The highest BCUT2D eigenvalue weighted by molar-refractivity contribution is 6.42. The van der Waals surface area contributed by atoms with Gasteiger partial charge in [0.2, 0.25) is 5.91 Å². The number of halogens is 2. The lowest BCUT2D eigenvalue weighted by Gasteiger charge is -2.37. The third kappa shape index (κ3) is 8.18. The van der Waals surface area contributed by atoms with Gasteiger partial charge in [0, 0.05) is 0 Å². The largest absolute Gasteiger partial charge is 0.497 e. The number of carbonyl (C=O) groups excluding carboxylic acids is 1. The first-order valence-corrected chi connectivity index (χ1v) is 15.2. The molecule has 0 saturated heterocycles. The molecule has 0 aliphatic rings. The van der Waals surface area contributed by atoms with Gasteiger partial charge in [-0.05, 0) is 78.7 Å². The second-order valence-electron chi connectivity index (χ2n) is 10.6. The van der Waals surface area contributed by atoms with E-state index in [1.165, 1.54) is 0 Å².